The van der Waals surface area contributed by atoms with E-state index in [2.05, 4.69) is 4.18 Å². The fraction of sp³-hybridized carbons (Fsp3) is 0.929. The second-order valence-electron chi connectivity index (χ2n) is 5.50. The average molecular weight is 340 g/mol. The number of nitrogens with zero attached hydrogens (tertiary/aromatic N) is 1. The summed E-state index contributed by atoms with van der Waals surface area (Å²) >= 11 is 0. The highest BCUT2D eigenvalue weighted by atomic mass is 32.3. The number of likely N-dealkylation sites (N-methyl/N-ethyl adjacent to an activating group) is 1. The van der Waals surface area contributed by atoms with E-state index < -0.39 is 10.4 Å². The first kappa shape index (κ1) is 21.3. The molecule has 1 unspecified atom stereocenters. The molecule has 7 nitrogen and oxygen atoms in total. The van der Waals surface area contributed by atoms with Crippen molar-refractivity contribution in [1.29, 1.82) is 0 Å². The summed E-state index contributed by atoms with van der Waals surface area (Å²) in [5.41, 5.74) is 0. The smallest absolute Gasteiger partial charge is 0.397 e. The fourth-order valence-corrected chi connectivity index (χ4v) is 2.51. The van der Waals surface area contributed by atoms with Crippen molar-refractivity contribution in [3.05, 3.63) is 0 Å². The Balaban J connectivity index is 4.29. The van der Waals surface area contributed by atoms with Crippen LogP contribution in [0, 0.1) is 5.92 Å². The van der Waals surface area contributed by atoms with Gasteiger partial charge in [-0.25, -0.2) is 4.18 Å². The molecule has 0 aliphatic rings. The van der Waals surface area contributed by atoms with Crippen LogP contribution in [-0.4, -0.2) is 62.8 Å². The van der Waals surface area contributed by atoms with E-state index in [1.54, 1.807) is 0 Å². The summed E-state index contributed by atoms with van der Waals surface area (Å²) < 4.78 is 39.9. The molecular formula is C14H30NO6S+. The lowest BCUT2D eigenvalue weighted by Gasteiger charge is -2.36. The molecule has 0 rings (SSSR count). The third-order valence-electron chi connectivity index (χ3n) is 4.18. The molecule has 22 heavy (non-hydrogen) atoms. The lowest BCUT2D eigenvalue weighted by molar-refractivity contribution is -0.925. The van der Waals surface area contributed by atoms with Crippen LogP contribution in [0.15, 0.2) is 0 Å². The quantitative estimate of drug-likeness (QED) is 0.251. The zero-order valence-electron chi connectivity index (χ0n) is 14.1. The van der Waals surface area contributed by atoms with Gasteiger partial charge in [0, 0.05) is 6.42 Å². The molecule has 0 aliphatic carbocycles. The Kier molecular flexibility index (Phi) is 9.82. The van der Waals surface area contributed by atoms with Crippen molar-refractivity contribution in [2.45, 2.75) is 40.5 Å². The van der Waals surface area contributed by atoms with Crippen LogP contribution in [0.25, 0.3) is 0 Å². The van der Waals surface area contributed by atoms with Crippen LogP contribution < -0.4 is 0 Å². The van der Waals surface area contributed by atoms with Crippen molar-refractivity contribution in [3.63, 3.8) is 0 Å². The maximum Gasteiger partial charge on any atom is 0.397 e. The van der Waals surface area contributed by atoms with E-state index in [-0.39, 0.29) is 18.5 Å². The molecule has 0 aromatic heterocycles. The summed E-state index contributed by atoms with van der Waals surface area (Å²) in [4.78, 5) is 11.7. The Bertz CT molecular complexity index is 419. The molecule has 0 saturated heterocycles. The molecule has 0 spiro atoms. The number of carbonyl (C=O) groups is 1. The van der Waals surface area contributed by atoms with Crippen molar-refractivity contribution in [1.82, 2.24) is 0 Å². The molecule has 132 valence electrons. The van der Waals surface area contributed by atoms with E-state index in [9.17, 15) is 13.2 Å². The minimum atomic E-state index is -4.37. The monoisotopic (exact) mass is 340 g/mol. The van der Waals surface area contributed by atoms with E-state index in [1.165, 1.54) is 0 Å². The maximum absolute atomic E-state index is 11.7. The summed E-state index contributed by atoms with van der Waals surface area (Å²) in [7, 11) is -4.37. The summed E-state index contributed by atoms with van der Waals surface area (Å²) in [5, 5.41) is 0. The van der Waals surface area contributed by atoms with Gasteiger partial charge in [-0.15, -0.1) is 0 Å². The van der Waals surface area contributed by atoms with Crippen LogP contribution in [0.3, 0.4) is 0 Å². The summed E-state index contributed by atoms with van der Waals surface area (Å²) in [5.74, 6) is -0.268. The molecule has 0 fully saturated rings. The van der Waals surface area contributed by atoms with Crippen molar-refractivity contribution < 1.29 is 31.2 Å². The van der Waals surface area contributed by atoms with Gasteiger partial charge in [-0.05, 0) is 20.3 Å². The second kappa shape index (κ2) is 10.1. The van der Waals surface area contributed by atoms with Gasteiger partial charge in [0.05, 0.1) is 32.2 Å². The molecule has 0 radical (unpaired) electrons. The van der Waals surface area contributed by atoms with Gasteiger partial charge in [0.25, 0.3) is 0 Å². The minimum absolute atomic E-state index is 0.0501. The Labute approximate surface area is 134 Å². The largest absolute Gasteiger partial charge is 0.459 e. The van der Waals surface area contributed by atoms with E-state index in [1.807, 2.05) is 27.7 Å². The van der Waals surface area contributed by atoms with Crippen molar-refractivity contribution in [2.75, 3.05) is 39.4 Å². The van der Waals surface area contributed by atoms with Gasteiger partial charge in [-0.2, -0.15) is 8.42 Å². The normalized spacial score (nSPS) is 13.9. The number of rotatable bonds is 12. The Morgan fingerprint density at radius 2 is 1.73 bits per heavy atom. The molecule has 0 saturated carbocycles. The fourth-order valence-electron chi connectivity index (χ4n) is 2.18. The first-order valence-corrected chi connectivity index (χ1v) is 9.19. The van der Waals surface area contributed by atoms with Crippen molar-refractivity contribution in [3.8, 4) is 0 Å². The van der Waals surface area contributed by atoms with Gasteiger partial charge in [0.15, 0.2) is 0 Å². The van der Waals surface area contributed by atoms with Gasteiger partial charge in [0.2, 0.25) is 0 Å². The minimum Gasteiger partial charge on any atom is -0.459 e. The molecule has 0 aliphatic heterocycles. The van der Waals surface area contributed by atoms with Gasteiger partial charge in [0.1, 0.15) is 13.2 Å². The summed E-state index contributed by atoms with van der Waals surface area (Å²) in [6.45, 7) is 11.3. The van der Waals surface area contributed by atoms with Crippen LogP contribution in [-0.2, 0) is 24.1 Å². The van der Waals surface area contributed by atoms with Crippen LogP contribution >= 0.6 is 0 Å². The number of quaternary nitrogens is 1. The molecule has 8 heteroatoms. The number of esters is 1. The third kappa shape index (κ3) is 8.67. The van der Waals surface area contributed by atoms with Crippen molar-refractivity contribution in [2.24, 2.45) is 5.92 Å². The van der Waals surface area contributed by atoms with E-state index in [0.29, 0.717) is 30.6 Å². The van der Waals surface area contributed by atoms with Gasteiger partial charge in [-0.1, -0.05) is 13.8 Å². The molecule has 0 amide bonds. The Morgan fingerprint density at radius 3 is 2.18 bits per heavy atom. The highest BCUT2D eigenvalue weighted by Crippen LogP contribution is 2.10. The van der Waals surface area contributed by atoms with Crippen LogP contribution in [0.5, 0.6) is 0 Å². The lowest BCUT2D eigenvalue weighted by atomic mass is 10.1. The number of hydrogen-bond acceptors (Lipinski definition) is 5. The van der Waals surface area contributed by atoms with Crippen LogP contribution in [0.2, 0.25) is 0 Å². The first-order valence-electron chi connectivity index (χ1n) is 7.83. The molecule has 1 atom stereocenters. The average Bonchev–Trinajstić information content (AvgIpc) is 2.47. The second-order valence-corrected chi connectivity index (χ2v) is 6.59. The van der Waals surface area contributed by atoms with Gasteiger partial charge < -0.3 is 9.22 Å². The molecule has 0 heterocycles. The van der Waals surface area contributed by atoms with Crippen LogP contribution in [0.4, 0.5) is 0 Å². The summed E-state index contributed by atoms with van der Waals surface area (Å²) in [6.07, 6.45) is 1.26. The topological polar surface area (TPSA) is 89.9 Å². The highest BCUT2D eigenvalue weighted by molar-refractivity contribution is 7.80. The van der Waals surface area contributed by atoms with E-state index in [0.717, 1.165) is 19.5 Å². The maximum atomic E-state index is 11.7. The third-order valence-corrected chi connectivity index (χ3v) is 4.64. The number of ether oxygens (including phenoxy) is 1. The zero-order chi connectivity index (χ0) is 17.2. The predicted molar refractivity (Wildman–Crippen MR) is 83.6 cm³/mol. The summed E-state index contributed by atoms with van der Waals surface area (Å²) in [6, 6.07) is 0. The molecule has 0 bridgehead atoms. The lowest BCUT2D eigenvalue weighted by Crippen LogP contribution is -2.51. The first-order chi connectivity index (χ1) is 10.2. The van der Waals surface area contributed by atoms with Gasteiger partial charge >= 0.3 is 16.4 Å². The van der Waals surface area contributed by atoms with Crippen LogP contribution in [0.1, 0.15) is 40.5 Å². The predicted octanol–water partition coefficient (Wildman–Crippen LogP) is 1.64. The SMILES string of the molecule is CCC(C)C(=O)OCC[N+](CC)(CC)CCCOS(=O)(=O)O. The zero-order valence-corrected chi connectivity index (χ0v) is 14.9. The van der Waals surface area contributed by atoms with E-state index in [4.69, 9.17) is 9.29 Å². The van der Waals surface area contributed by atoms with Crippen molar-refractivity contribution >= 4 is 16.4 Å². The van der Waals surface area contributed by atoms with Gasteiger partial charge in [-0.3, -0.25) is 9.35 Å². The number of carbonyl (C=O) groups excluding carboxylic acids is 1. The molecule has 0 aromatic rings. The number of hydrogen-bond donors (Lipinski definition) is 1. The van der Waals surface area contributed by atoms with E-state index >= 15 is 0 Å². The Hall–Kier alpha value is -0.700. The molecular weight excluding hydrogens is 310 g/mol. The molecule has 1 N–H and O–H groups in total. The molecule has 0 aromatic carbocycles. The highest BCUT2D eigenvalue weighted by Gasteiger charge is 2.24. The Morgan fingerprint density at radius 1 is 1.14 bits per heavy atom. The standard InChI is InChI=1S/C14H29NO6S/c1-5-13(4)14(16)20-12-10-15(6-2,7-3)9-8-11-21-22(17,18)19/h13H,5-12H2,1-4H3/p+1.